The molecule has 0 unspecified atom stereocenters. The van der Waals surface area contributed by atoms with Crippen LogP contribution in [0.1, 0.15) is 41.6 Å². The topological polar surface area (TPSA) is 49.3 Å². The Morgan fingerprint density at radius 1 is 1.09 bits per heavy atom. The van der Waals surface area contributed by atoms with E-state index in [1.807, 2.05) is 18.2 Å². The first-order valence-corrected chi connectivity index (χ1v) is 7.47. The van der Waals surface area contributed by atoms with Crippen molar-refractivity contribution in [3.8, 4) is 0 Å². The number of anilines is 1. The molecule has 3 rings (SSSR count). The molecule has 1 aliphatic carbocycles. The maximum absolute atomic E-state index is 13.7. The van der Waals surface area contributed by atoms with Gasteiger partial charge in [-0.1, -0.05) is 43.2 Å². The predicted molar refractivity (Wildman–Crippen MR) is 83.6 cm³/mol. The van der Waals surface area contributed by atoms with Gasteiger partial charge in [0.25, 0.3) is 0 Å². The summed E-state index contributed by atoms with van der Waals surface area (Å²) in [5.74, 6) is -1.66. The van der Waals surface area contributed by atoms with Crippen molar-refractivity contribution in [3.63, 3.8) is 0 Å². The largest absolute Gasteiger partial charge is 0.478 e. The molecule has 3 nitrogen and oxygen atoms in total. The van der Waals surface area contributed by atoms with E-state index >= 15 is 0 Å². The van der Waals surface area contributed by atoms with E-state index in [2.05, 4.69) is 17.4 Å². The van der Waals surface area contributed by atoms with Crippen LogP contribution >= 0.6 is 0 Å². The molecule has 2 aromatic rings. The standard InChI is InChI=1S/C18H18FNO2/c19-15-10-13(17(21)22)11-16(12-15)20-18(8-4-5-9-18)14-6-2-1-3-7-14/h1-3,6-7,10-12,20H,4-5,8-9H2,(H,21,22). The second kappa shape index (κ2) is 5.79. The van der Waals surface area contributed by atoms with Gasteiger partial charge in [-0.25, -0.2) is 9.18 Å². The maximum Gasteiger partial charge on any atom is 0.335 e. The van der Waals surface area contributed by atoms with Crippen LogP contribution in [-0.4, -0.2) is 11.1 Å². The van der Waals surface area contributed by atoms with Crippen LogP contribution in [0.15, 0.2) is 48.5 Å². The second-order valence-electron chi connectivity index (χ2n) is 5.81. The van der Waals surface area contributed by atoms with Gasteiger partial charge in [-0.2, -0.15) is 0 Å². The molecule has 0 radical (unpaired) electrons. The van der Waals surface area contributed by atoms with E-state index < -0.39 is 11.8 Å². The van der Waals surface area contributed by atoms with Crippen molar-refractivity contribution in [2.75, 3.05) is 5.32 Å². The Morgan fingerprint density at radius 2 is 1.77 bits per heavy atom. The summed E-state index contributed by atoms with van der Waals surface area (Å²) >= 11 is 0. The van der Waals surface area contributed by atoms with Crippen molar-refractivity contribution in [3.05, 3.63) is 65.5 Å². The minimum absolute atomic E-state index is 0.0382. The van der Waals surface area contributed by atoms with Crippen LogP contribution in [0.5, 0.6) is 0 Å². The Bertz CT molecular complexity index is 679. The summed E-state index contributed by atoms with van der Waals surface area (Å²) in [6, 6.07) is 14.0. The van der Waals surface area contributed by atoms with Crippen molar-refractivity contribution in [2.45, 2.75) is 31.2 Å². The van der Waals surface area contributed by atoms with E-state index in [1.165, 1.54) is 12.1 Å². The molecule has 1 fully saturated rings. The summed E-state index contributed by atoms with van der Waals surface area (Å²) in [5, 5.41) is 12.5. The molecule has 0 heterocycles. The minimum atomic E-state index is -1.12. The first-order valence-electron chi connectivity index (χ1n) is 7.47. The van der Waals surface area contributed by atoms with Gasteiger partial charge in [-0.15, -0.1) is 0 Å². The fraction of sp³-hybridized carbons (Fsp3) is 0.278. The molecular weight excluding hydrogens is 281 g/mol. The third-order valence-corrected chi connectivity index (χ3v) is 4.31. The maximum atomic E-state index is 13.7. The van der Waals surface area contributed by atoms with Gasteiger partial charge in [0.1, 0.15) is 5.82 Å². The van der Waals surface area contributed by atoms with Crippen molar-refractivity contribution >= 4 is 11.7 Å². The van der Waals surface area contributed by atoms with Gasteiger partial charge in [0, 0.05) is 5.69 Å². The summed E-state index contributed by atoms with van der Waals surface area (Å²) < 4.78 is 13.7. The Balaban J connectivity index is 1.97. The highest BCUT2D eigenvalue weighted by atomic mass is 19.1. The van der Waals surface area contributed by atoms with E-state index in [0.29, 0.717) is 5.69 Å². The molecule has 2 N–H and O–H groups in total. The molecule has 2 aromatic carbocycles. The van der Waals surface area contributed by atoms with Gasteiger partial charge in [-0.05, 0) is 36.6 Å². The molecule has 0 atom stereocenters. The summed E-state index contributed by atoms with van der Waals surface area (Å²) in [6.45, 7) is 0. The average Bonchev–Trinajstić information content (AvgIpc) is 2.97. The average molecular weight is 299 g/mol. The number of rotatable bonds is 4. The zero-order valence-corrected chi connectivity index (χ0v) is 12.2. The van der Waals surface area contributed by atoms with E-state index in [4.69, 9.17) is 5.11 Å². The molecule has 1 aliphatic rings. The van der Waals surface area contributed by atoms with E-state index in [9.17, 15) is 9.18 Å². The van der Waals surface area contributed by atoms with E-state index in [0.717, 1.165) is 37.3 Å². The van der Waals surface area contributed by atoms with Crippen molar-refractivity contribution in [2.24, 2.45) is 0 Å². The van der Waals surface area contributed by atoms with Crippen LogP contribution in [0.2, 0.25) is 0 Å². The Morgan fingerprint density at radius 3 is 2.41 bits per heavy atom. The van der Waals surface area contributed by atoms with Crippen LogP contribution in [0, 0.1) is 5.82 Å². The molecular formula is C18H18FNO2. The Kier molecular flexibility index (Phi) is 3.84. The lowest BCUT2D eigenvalue weighted by atomic mass is 9.87. The molecule has 0 amide bonds. The lowest BCUT2D eigenvalue weighted by molar-refractivity contribution is 0.0696. The van der Waals surface area contributed by atoms with Crippen molar-refractivity contribution in [1.29, 1.82) is 0 Å². The number of aromatic carboxylic acids is 1. The number of hydrogen-bond donors (Lipinski definition) is 2. The monoisotopic (exact) mass is 299 g/mol. The highest BCUT2D eigenvalue weighted by Crippen LogP contribution is 2.41. The van der Waals surface area contributed by atoms with Gasteiger partial charge in [0.2, 0.25) is 0 Å². The summed E-state index contributed by atoms with van der Waals surface area (Å²) in [4.78, 5) is 11.1. The molecule has 0 spiro atoms. The number of benzene rings is 2. The Labute approximate surface area is 128 Å². The molecule has 22 heavy (non-hydrogen) atoms. The predicted octanol–water partition coefficient (Wildman–Crippen LogP) is 4.41. The number of carboxylic acids is 1. The lowest BCUT2D eigenvalue weighted by Gasteiger charge is -2.32. The van der Waals surface area contributed by atoms with Crippen molar-refractivity contribution in [1.82, 2.24) is 0 Å². The van der Waals surface area contributed by atoms with Crippen LogP contribution in [0.3, 0.4) is 0 Å². The molecule has 114 valence electrons. The molecule has 0 saturated heterocycles. The van der Waals surface area contributed by atoms with Gasteiger partial charge in [-0.3, -0.25) is 0 Å². The van der Waals surface area contributed by atoms with E-state index in [-0.39, 0.29) is 11.1 Å². The second-order valence-corrected chi connectivity index (χ2v) is 5.81. The number of nitrogens with one attached hydrogen (secondary N) is 1. The Hall–Kier alpha value is -2.36. The summed E-state index contributed by atoms with van der Waals surface area (Å²) in [6.07, 6.45) is 4.11. The van der Waals surface area contributed by atoms with Crippen molar-refractivity contribution < 1.29 is 14.3 Å². The van der Waals surface area contributed by atoms with Gasteiger partial charge < -0.3 is 10.4 Å². The van der Waals surface area contributed by atoms with Crippen LogP contribution in [0.25, 0.3) is 0 Å². The van der Waals surface area contributed by atoms with Gasteiger partial charge in [0.15, 0.2) is 0 Å². The minimum Gasteiger partial charge on any atom is -0.478 e. The number of carbonyl (C=O) groups is 1. The highest BCUT2D eigenvalue weighted by molar-refractivity contribution is 5.88. The lowest BCUT2D eigenvalue weighted by Crippen LogP contribution is -2.32. The van der Waals surface area contributed by atoms with Gasteiger partial charge >= 0.3 is 5.97 Å². The van der Waals surface area contributed by atoms with E-state index in [1.54, 1.807) is 0 Å². The molecule has 4 heteroatoms. The third-order valence-electron chi connectivity index (χ3n) is 4.31. The van der Waals surface area contributed by atoms with Crippen LogP contribution in [0.4, 0.5) is 10.1 Å². The normalized spacial score (nSPS) is 16.4. The summed E-state index contributed by atoms with van der Waals surface area (Å²) in [7, 11) is 0. The van der Waals surface area contributed by atoms with Crippen LogP contribution in [-0.2, 0) is 5.54 Å². The zero-order valence-electron chi connectivity index (χ0n) is 12.2. The van der Waals surface area contributed by atoms with Crippen LogP contribution < -0.4 is 5.32 Å². The third kappa shape index (κ3) is 2.82. The number of halogens is 1. The SMILES string of the molecule is O=C(O)c1cc(F)cc(NC2(c3ccccc3)CCCC2)c1. The molecule has 0 aromatic heterocycles. The smallest absolute Gasteiger partial charge is 0.335 e. The number of hydrogen-bond acceptors (Lipinski definition) is 2. The fourth-order valence-electron chi connectivity index (χ4n) is 3.28. The first-order chi connectivity index (χ1) is 10.6. The molecule has 0 aliphatic heterocycles. The number of carboxylic acid groups (broad SMARTS) is 1. The molecule has 1 saturated carbocycles. The first kappa shape index (κ1) is 14.6. The quantitative estimate of drug-likeness (QED) is 0.879. The fourth-order valence-corrected chi connectivity index (χ4v) is 3.28. The molecule has 0 bridgehead atoms. The van der Waals surface area contributed by atoms with Gasteiger partial charge in [0.05, 0.1) is 11.1 Å². The summed E-state index contributed by atoms with van der Waals surface area (Å²) in [5.41, 5.74) is 1.39. The zero-order chi connectivity index (χ0) is 15.6. The highest BCUT2D eigenvalue weighted by Gasteiger charge is 2.35.